The van der Waals surface area contributed by atoms with Crippen molar-refractivity contribution in [2.24, 2.45) is 11.7 Å². The fourth-order valence-corrected chi connectivity index (χ4v) is 2.03. The Hall–Kier alpha value is -1.39. The molecule has 0 saturated carbocycles. The van der Waals surface area contributed by atoms with Gasteiger partial charge in [0, 0.05) is 19.6 Å². The van der Waals surface area contributed by atoms with Crippen LogP contribution in [0.1, 0.15) is 30.5 Å². The van der Waals surface area contributed by atoms with Crippen LogP contribution < -0.4 is 11.1 Å². The van der Waals surface area contributed by atoms with E-state index < -0.39 is 0 Å². The molecule has 1 amide bonds. The molecule has 0 aliphatic heterocycles. The summed E-state index contributed by atoms with van der Waals surface area (Å²) in [6, 6.07) is 6.26. The number of nitrogens with zero attached hydrogens (tertiary/aromatic N) is 1. The summed E-state index contributed by atoms with van der Waals surface area (Å²) in [7, 11) is 1.96. The number of nitrogens with two attached hydrogens (primary N) is 1. The molecule has 0 aliphatic rings. The first-order chi connectivity index (χ1) is 9.42. The van der Waals surface area contributed by atoms with Gasteiger partial charge in [-0.15, -0.1) is 0 Å². The summed E-state index contributed by atoms with van der Waals surface area (Å²) in [4.78, 5) is 13.8. The van der Waals surface area contributed by atoms with Crippen molar-refractivity contribution < 1.29 is 4.79 Å². The van der Waals surface area contributed by atoms with Gasteiger partial charge < -0.3 is 11.1 Å². The number of aryl methyl sites for hydroxylation is 1. The Bertz CT molecular complexity index is 443. The first-order valence-corrected chi connectivity index (χ1v) is 7.16. The smallest absolute Gasteiger partial charge is 0.234 e. The number of carbonyl (C=O) groups excluding carboxylic acids is 1. The summed E-state index contributed by atoms with van der Waals surface area (Å²) < 4.78 is 0. The van der Waals surface area contributed by atoms with Crippen molar-refractivity contribution in [1.29, 1.82) is 0 Å². The number of hydrogen-bond acceptors (Lipinski definition) is 3. The maximum Gasteiger partial charge on any atom is 0.234 e. The van der Waals surface area contributed by atoms with Crippen LogP contribution in [-0.4, -0.2) is 30.9 Å². The first-order valence-electron chi connectivity index (χ1n) is 7.16. The minimum absolute atomic E-state index is 0.0810. The topological polar surface area (TPSA) is 58.4 Å². The second-order valence-electron chi connectivity index (χ2n) is 5.84. The number of hydrogen-bond donors (Lipinski definition) is 2. The highest BCUT2D eigenvalue weighted by Gasteiger charge is 2.09. The molecule has 3 N–H and O–H groups in total. The molecule has 4 nitrogen and oxygen atoms in total. The van der Waals surface area contributed by atoms with E-state index in [1.807, 2.05) is 11.9 Å². The summed E-state index contributed by atoms with van der Waals surface area (Å²) >= 11 is 0. The zero-order valence-electron chi connectivity index (χ0n) is 13.1. The average molecular weight is 277 g/mol. The average Bonchev–Trinajstić information content (AvgIpc) is 2.38. The molecule has 1 rings (SSSR count). The van der Waals surface area contributed by atoms with Crippen molar-refractivity contribution in [3.05, 3.63) is 34.9 Å². The molecular weight excluding hydrogens is 250 g/mol. The van der Waals surface area contributed by atoms with Crippen molar-refractivity contribution in [3.8, 4) is 0 Å². The largest absolute Gasteiger partial charge is 0.355 e. The predicted octanol–water partition coefficient (Wildman–Crippen LogP) is 1.66. The van der Waals surface area contributed by atoms with E-state index in [4.69, 9.17) is 5.73 Å². The van der Waals surface area contributed by atoms with Crippen LogP contribution in [0.3, 0.4) is 0 Å². The number of amides is 1. The third-order valence-corrected chi connectivity index (χ3v) is 3.20. The monoisotopic (exact) mass is 277 g/mol. The molecule has 0 spiro atoms. The van der Waals surface area contributed by atoms with Crippen molar-refractivity contribution in [2.45, 2.75) is 33.9 Å². The zero-order chi connectivity index (χ0) is 15.1. The number of carbonyl (C=O) groups is 1. The lowest BCUT2D eigenvalue weighted by atomic mass is 10.0. The summed E-state index contributed by atoms with van der Waals surface area (Å²) in [6.45, 7) is 8.75. The Morgan fingerprint density at radius 2 is 2.10 bits per heavy atom. The number of rotatable bonds is 7. The summed E-state index contributed by atoms with van der Waals surface area (Å²) in [5.41, 5.74) is 9.23. The van der Waals surface area contributed by atoms with E-state index in [-0.39, 0.29) is 5.91 Å². The van der Waals surface area contributed by atoms with Gasteiger partial charge in [0.25, 0.3) is 0 Å². The van der Waals surface area contributed by atoms with Gasteiger partial charge in [0.05, 0.1) is 6.54 Å². The Morgan fingerprint density at radius 1 is 1.40 bits per heavy atom. The molecule has 0 heterocycles. The third-order valence-electron chi connectivity index (χ3n) is 3.20. The Balaban J connectivity index is 2.49. The Morgan fingerprint density at radius 3 is 2.65 bits per heavy atom. The van der Waals surface area contributed by atoms with Crippen LogP contribution in [0.15, 0.2) is 18.2 Å². The molecule has 0 aliphatic carbocycles. The quantitative estimate of drug-likeness (QED) is 0.797. The van der Waals surface area contributed by atoms with Gasteiger partial charge in [0.15, 0.2) is 0 Å². The first kappa shape index (κ1) is 16.7. The number of nitrogens with one attached hydrogen (secondary N) is 1. The second-order valence-corrected chi connectivity index (χ2v) is 5.84. The second kappa shape index (κ2) is 8.02. The van der Waals surface area contributed by atoms with E-state index in [0.29, 0.717) is 19.0 Å². The van der Waals surface area contributed by atoms with E-state index in [0.717, 1.165) is 18.7 Å². The van der Waals surface area contributed by atoms with E-state index in [9.17, 15) is 4.79 Å². The molecular formula is C16H27N3O. The molecule has 4 heteroatoms. The molecule has 1 aromatic rings. The molecule has 0 bridgehead atoms. The van der Waals surface area contributed by atoms with Gasteiger partial charge in [-0.2, -0.15) is 0 Å². The molecule has 112 valence electrons. The molecule has 0 fully saturated rings. The van der Waals surface area contributed by atoms with Crippen molar-refractivity contribution >= 4 is 5.91 Å². The minimum atomic E-state index is 0.0810. The molecule has 20 heavy (non-hydrogen) atoms. The molecule has 0 saturated heterocycles. The molecule has 0 atom stereocenters. The van der Waals surface area contributed by atoms with Crippen molar-refractivity contribution in [3.63, 3.8) is 0 Å². The van der Waals surface area contributed by atoms with Gasteiger partial charge >= 0.3 is 0 Å². The fourth-order valence-electron chi connectivity index (χ4n) is 2.03. The van der Waals surface area contributed by atoms with Crippen LogP contribution in [0.25, 0.3) is 0 Å². The standard InChI is InChI=1S/C16H27N3O/c1-12(2)9-18-16(20)11-19(4)10-15-6-5-14(8-17)7-13(15)3/h5-7,12H,8-11,17H2,1-4H3,(H,18,20). The summed E-state index contributed by atoms with van der Waals surface area (Å²) in [6.07, 6.45) is 0. The van der Waals surface area contributed by atoms with E-state index in [1.165, 1.54) is 11.1 Å². The van der Waals surface area contributed by atoms with Gasteiger partial charge in [-0.25, -0.2) is 0 Å². The molecule has 0 unspecified atom stereocenters. The molecule has 0 radical (unpaired) electrons. The molecule has 1 aromatic carbocycles. The van der Waals surface area contributed by atoms with Gasteiger partial charge in [0.1, 0.15) is 0 Å². The van der Waals surface area contributed by atoms with E-state index in [2.05, 4.69) is 44.3 Å². The minimum Gasteiger partial charge on any atom is -0.355 e. The SMILES string of the molecule is Cc1cc(CN)ccc1CN(C)CC(=O)NCC(C)C. The highest BCUT2D eigenvalue weighted by Crippen LogP contribution is 2.12. The fraction of sp³-hybridized carbons (Fsp3) is 0.562. The Labute approximate surface area is 122 Å². The predicted molar refractivity (Wildman–Crippen MR) is 83.3 cm³/mol. The van der Waals surface area contributed by atoms with Crippen LogP contribution in [0.5, 0.6) is 0 Å². The van der Waals surface area contributed by atoms with Gasteiger partial charge in [-0.1, -0.05) is 32.0 Å². The van der Waals surface area contributed by atoms with Gasteiger partial charge in [-0.05, 0) is 36.6 Å². The lowest BCUT2D eigenvalue weighted by Gasteiger charge is -2.18. The van der Waals surface area contributed by atoms with Crippen LogP contribution in [-0.2, 0) is 17.9 Å². The van der Waals surface area contributed by atoms with Crippen LogP contribution in [0.2, 0.25) is 0 Å². The van der Waals surface area contributed by atoms with Crippen molar-refractivity contribution in [2.75, 3.05) is 20.1 Å². The maximum absolute atomic E-state index is 11.8. The number of benzene rings is 1. The molecule has 0 aromatic heterocycles. The highest BCUT2D eigenvalue weighted by atomic mass is 16.2. The van der Waals surface area contributed by atoms with E-state index in [1.54, 1.807) is 0 Å². The Kier molecular flexibility index (Phi) is 6.68. The van der Waals surface area contributed by atoms with Crippen molar-refractivity contribution in [1.82, 2.24) is 10.2 Å². The maximum atomic E-state index is 11.8. The lowest BCUT2D eigenvalue weighted by Crippen LogP contribution is -2.36. The highest BCUT2D eigenvalue weighted by molar-refractivity contribution is 5.77. The van der Waals surface area contributed by atoms with Gasteiger partial charge in [0.2, 0.25) is 5.91 Å². The van der Waals surface area contributed by atoms with E-state index >= 15 is 0 Å². The summed E-state index contributed by atoms with van der Waals surface area (Å²) in [5.74, 6) is 0.563. The van der Waals surface area contributed by atoms with Crippen LogP contribution >= 0.6 is 0 Å². The van der Waals surface area contributed by atoms with Gasteiger partial charge in [-0.3, -0.25) is 9.69 Å². The van der Waals surface area contributed by atoms with Crippen LogP contribution in [0.4, 0.5) is 0 Å². The number of likely N-dealkylation sites (N-methyl/N-ethyl adjacent to an activating group) is 1. The normalized spacial score (nSPS) is 11.2. The lowest BCUT2D eigenvalue weighted by molar-refractivity contribution is -0.122. The third kappa shape index (κ3) is 5.72. The summed E-state index contributed by atoms with van der Waals surface area (Å²) in [5, 5.41) is 2.93. The van der Waals surface area contributed by atoms with Crippen LogP contribution in [0, 0.1) is 12.8 Å². The zero-order valence-corrected chi connectivity index (χ0v) is 13.1.